The zero-order valence-corrected chi connectivity index (χ0v) is 17.5. The topological polar surface area (TPSA) is 74.7 Å². The summed E-state index contributed by atoms with van der Waals surface area (Å²) in [6, 6.07) is 10.4. The van der Waals surface area contributed by atoms with Gasteiger partial charge in [0.15, 0.2) is 0 Å². The van der Waals surface area contributed by atoms with Crippen molar-refractivity contribution in [3.05, 3.63) is 58.2 Å². The Labute approximate surface area is 181 Å². The maximum Gasteiger partial charge on any atom is 0.339 e. The number of morpholine rings is 1. The van der Waals surface area contributed by atoms with Crippen LogP contribution in [0.15, 0.2) is 47.5 Å². The number of benzene rings is 2. The predicted octanol–water partition coefficient (Wildman–Crippen LogP) is 5.32. The molecule has 3 aromatic rings. The Morgan fingerprint density at radius 3 is 2.76 bits per heavy atom. The van der Waals surface area contributed by atoms with Gasteiger partial charge in [0.2, 0.25) is 0 Å². The minimum atomic E-state index is -1.10. The number of fused-ring (bicyclic) bond motifs is 1. The second-order valence-electron chi connectivity index (χ2n) is 6.38. The van der Waals surface area contributed by atoms with E-state index < -0.39 is 5.97 Å². The van der Waals surface area contributed by atoms with Crippen molar-refractivity contribution in [2.75, 3.05) is 31.6 Å². The number of nitrogens with zero attached hydrogens (tertiary/aromatic N) is 2. The highest BCUT2D eigenvalue weighted by molar-refractivity contribution is 7.97. The van der Waals surface area contributed by atoms with E-state index in [9.17, 15) is 9.90 Å². The molecule has 0 atom stereocenters. The van der Waals surface area contributed by atoms with E-state index in [1.165, 1.54) is 0 Å². The molecule has 0 amide bonds. The first-order valence-corrected chi connectivity index (χ1v) is 10.4. The highest BCUT2D eigenvalue weighted by atomic mass is 35.5. The van der Waals surface area contributed by atoms with E-state index in [-0.39, 0.29) is 10.6 Å². The second-order valence-corrected chi connectivity index (χ2v) is 8.37. The molecule has 1 aromatic heterocycles. The number of aromatic carboxylic acids is 1. The van der Waals surface area contributed by atoms with E-state index in [1.807, 2.05) is 12.1 Å². The van der Waals surface area contributed by atoms with Gasteiger partial charge in [-0.3, -0.25) is 4.98 Å². The summed E-state index contributed by atoms with van der Waals surface area (Å²) in [6.07, 6.45) is 1.78. The summed E-state index contributed by atoms with van der Waals surface area (Å²) in [5.41, 5.74) is 1.91. The molecule has 2 aromatic carbocycles. The van der Waals surface area contributed by atoms with Crippen molar-refractivity contribution in [2.45, 2.75) is 4.90 Å². The summed E-state index contributed by atoms with van der Waals surface area (Å²) in [5, 5.41) is 14.4. The minimum Gasteiger partial charge on any atom is -0.478 e. The molecule has 1 saturated heterocycles. The highest BCUT2D eigenvalue weighted by Crippen LogP contribution is 2.39. The lowest BCUT2D eigenvalue weighted by molar-refractivity contribution is 0.0698. The van der Waals surface area contributed by atoms with Crippen molar-refractivity contribution in [2.24, 2.45) is 0 Å². The molecular weight excluding hydrogens is 433 g/mol. The smallest absolute Gasteiger partial charge is 0.339 e. The average molecular weight is 450 g/mol. The van der Waals surface area contributed by atoms with Crippen molar-refractivity contribution in [3.63, 3.8) is 0 Å². The molecule has 1 aliphatic heterocycles. The van der Waals surface area contributed by atoms with Gasteiger partial charge in [-0.1, -0.05) is 29.3 Å². The van der Waals surface area contributed by atoms with Crippen molar-refractivity contribution in [3.8, 4) is 0 Å². The first-order chi connectivity index (χ1) is 14.0. The molecule has 2 heterocycles. The lowest BCUT2D eigenvalue weighted by Crippen LogP contribution is -2.31. The number of ether oxygens (including phenoxy) is 1. The van der Waals surface area contributed by atoms with Gasteiger partial charge in [0.1, 0.15) is 5.56 Å². The van der Waals surface area contributed by atoms with Gasteiger partial charge in [0.05, 0.1) is 40.0 Å². The fourth-order valence-corrected chi connectivity index (χ4v) is 4.49. The summed E-state index contributed by atoms with van der Waals surface area (Å²) in [4.78, 5) is 17.2. The molecule has 4 rings (SSSR count). The molecule has 0 unspecified atom stereocenters. The van der Waals surface area contributed by atoms with E-state index in [4.69, 9.17) is 27.9 Å². The van der Waals surface area contributed by atoms with Gasteiger partial charge in [-0.2, -0.15) is 0 Å². The third-order valence-corrected chi connectivity index (χ3v) is 6.16. The number of halogens is 2. The molecule has 0 radical (unpaired) electrons. The van der Waals surface area contributed by atoms with Crippen LogP contribution in [0.1, 0.15) is 10.4 Å². The van der Waals surface area contributed by atoms with E-state index in [0.29, 0.717) is 23.9 Å². The summed E-state index contributed by atoms with van der Waals surface area (Å²) < 4.78 is 7.61. The molecule has 6 nitrogen and oxygen atoms in total. The van der Waals surface area contributed by atoms with Crippen molar-refractivity contribution in [1.82, 2.24) is 9.29 Å². The summed E-state index contributed by atoms with van der Waals surface area (Å²) in [7, 11) is 0. The molecule has 0 bridgehead atoms. The van der Waals surface area contributed by atoms with Crippen molar-refractivity contribution >= 4 is 63.4 Å². The first kappa shape index (κ1) is 20.3. The van der Waals surface area contributed by atoms with Gasteiger partial charge in [-0.05, 0) is 42.3 Å². The van der Waals surface area contributed by atoms with E-state index in [1.54, 1.807) is 42.4 Å². The van der Waals surface area contributed by atoms with Crippen LogP contribution in [0.3, 0.4) is 0 Å². The third-order valence-electron chi connectivity index (χ3n) is 4.48. The summed E-state index contributed by atoms with van der Waals surface area (Å²) in [6.45, 7) is 2.91. The lowest BCUT2D eigenvalue weighted by Gasteiger charge is -2.26. The number of carboxylic acids is 1. The van der Waals surface area contributed by atoms with Crippen LogP contribution in [0.4, 0.5) is 11.4 Å². The molecule has 0 saturated carbocycles. The fraction of sp³-hybridized carbons (Fsp3) is 0.200. The Balaban J connectivity index is 1.82. The van der Waals surface area contributed by atoms with Gasteiger partial charge < -0.3 is 15.2 Å². The predicted molar refractivity (Wildman–Crippen MR) is 117 cm³/mol. The van der Waals surface area contributed by atoms with Gasteiger partial charge in [-0.25, -0.2) is 9.10 Å². The SMILES string of the molecule is O=C(O)c1c(Cl)cccc1Nc1c(SN2CCOCC2)cnc2ccc(Cl)cc12. The van der Waals surface area contributed by atoms with Crippen molar-refractivity contribution < 1.29 is 14.6 Å². The number of anilines is 2. The zero-order chi connectivity index (χ0) is 20.4. The summed E-state index contributed by atoms with van der Waals surface area (Å²) >= 11 is 13.9. The zero-order valence-electron chi connectivity index (χ0n) is 15.2. The van der Waals surface area contributed by atoms with E-state index in [2.05, 4.69) is 14.6 Å². The second kappa shape index (κ2) is 8.77. The van der Waals surface area contributed by atoms with Crippen molar-refractivity contribution in [1.29, 1.82) is 0 Å². The number of pyridine rings is 1. The van der Waals surface area contributed by atoms with Crippen LogP contribution >= 0.6 is 35.1 Å². The molecule has 150 valence electrons. The van der Waals surface area contributed by atoms with E-state index in [0.717, 1.165) is 34.6 Å². The standard InChI is InChI=1S/C20H17Cl2N3O3S/c21-12-4-5-15-13(10-12)19(17(11-23-15)29-25-6-8-28-9-7-25)24-16-3-1-2-14(22)18(16)20(26)27/h1-5,10-11H,6-9H2,(H,23,24)(H,26,27). The minimum absolute atomic E-state index is 0.0171. The van der Waals surface area contributed by atoms with Gasteiger partial charge in [-0.15, -0.1) is 0 Å². The maximum atomic E-state index is 11.8. The van der Waals surface area contributed by atoms with Gasteiger partial charge >= 0.3 is 5.97 Å². The number of nitrogens with one attached hydrogen (secondary N) is 1. The molecule has 2 N–H and O–H groups in total. The van der Waals surface area contributed by atoms with Crippen LogP contribution in [-0.2, 0) is 4.74 Å². The number of hydrogen-bond acceptors (Lipinski definition) is 6. The molecule has 1 aliphatic rings. The van der Waals surface area contributed by atoms with Crippen LogP contribution in [0.2, 0.25) is 10.0 Å². The number of carboxylic acid groups (broad SMARTS) is 1. The Morgan fingerprint density at radius 1 is 1.21 bits per heavy atom. The van der Waals surface area contributed by atoms with Crippen LogP contribution in [0.5, 0.6) is 0 Å². The Bertz CT molecular complexity index is 1070. The van der Waals surface area contributed by atoms with Crippen LogP contribution in [0, 0.1) is 0 Å². The van der Waals surface area contributed by atoms with E-state index >= 15 is 0 Å². The number of hydrogen-bond donors (Lipinski definition) is 2. The average Bonchev–Trinajstić information content (AvgIpc) is 2.70. The number of aromatic nitrogens is 1. The normalized spacial score (nSPS) is 14.8. The van der Waals surface area contributed by atoms with Crippen LogP contribution in [-0.4, -0.2) is 46.7 Å². The van der Waals surface area contributed by atoms with Crippen LogP contribution in [0.25, 0.3) is 10.9 Å². The molecule has 0 spiro atoms. The summed E-state index contributed by atoms with van der Waals surface area (Å²) in [5.74, 6) is -1.10. The van der Waals surface area contributed by atoms with Gasteiger partial charge in [0, 0.05) is 29.7 Å². The number of rotatable bonds is 5. The maximum absolute atomic E-state index is 11.8. The Kier molecular flexibility index (Phi) is 6.12. The largest absolute Gasteiger partial charge is 0.478 e. The molecule has 0 aliphatic carbocycles. The Morgan fingerprint density at radius 2 is 2.00 bits per heavy atom. The molecule has 9 heteroatoms. The third kappa shape index (κ3) is 4.44. The quantitative estimate of drug-likeness (QED) is 0.510. The molecule has 29 heavy (non-hydrogen) atoms. The Hall–Kier alpha value is -2.03. The fourth-order valence-electron chi connectivity index (χ4n) is 3.10. The highest BCUT2D eigenvalue weighted by Gasteiger charge is 2.20. The molecule has 1 fully saturated rings. The first-order valence-electron chi connectivity index (χ1n) is 8.90. The lowest BCUT2D eigenvalue weighted by atomic mass is 10.1. The van der Waals surface area contributed by atoms with Crippen LogP contribution < -0.4 is 5.32 Å². The molecular formula is C20H17Cl2N3O3S. The number of carbonyl (C=O) groups is 1. The van der Waals surface area contributed by atoms with Gasteiger partial charge in [0.25, 0.3) is 0 Å². The monoisotopic (exact) mass is 449 g/mol.